The van der Waals surface area contributed by atoms with Crippen LogP contribution in [0.1, 0.15) is 69.8 Å². The Labute approximate surface area is 205 Å². The van der Waals surface area contributed by atoms with Gasteiger partial charge in [0.25, 0.3) is 0 Å². The van der Waals surface area contributed by atoms with E-state index in [0.29, 0.717) is 18.8 Å². The van der Waals surface area contributed by atoms with Crippen LogP contribution in [0.15, 0.2) is 4.99 Å². The normalized spacial score (nSPS) is 20.6. The number of nitrogens with zero attached hydrogens (tertiary/aromatic N) is 4. The van der Waals surface area contributed by atoms with Crippen molar-refractivity contribution in [2.24, 2.45) is 12.0 Å². The second kappa shape index (κ2) is 13.6. The van der Waals surface area contributed by atoms with Gasteiger partial charge >= 0.3 is 0 Å². The Morgan fingerprint density at radius 1 is 1.16 bits per heavy atom. The quantitative estimate of drug-likeness (QED) is 0.306. The Hall–Kier alpha value is -0.870. The fourth-order valence-electron chi connectivity index (χ4n) is 4.57. The van der Waals surface area contributed by atoms with Crippen molar-refractivity contribution < 1.29 is 9.47 Å². The first-order chi connectivity index (χ1) is 14.7. The van der Waals surface area contributed by atoms with Crippen molar-refractivity contribution in [2.45, 2.75) is 84.5 Å². The highest BCUT2D eigenvalue weighted by atomic mass is 127. The molecule has 0 radical (unpaired) electrons. The number of rotatable bonds is 8. The fraction of sp³-hybridized carbons (Fsp3) is 0.826. The Morgan fingerprint density at radius 3 is 2.55 bits per heavy atom. The summed E-state index contributed by atoms with van der Waals surface area (Å²) in [6.07, 6.45) is 8.27. The van der Waals surface area contributed by atoms with E-state index in [-0.39, 0.29) is 24.0 Å². The molecular formula is C23H42IN5O2. The first-order valence-electron chi connectivity index (χ1n) is 12.0. The minimum absolute atomic E-state index is 0. The molecule has 0 saturated carbocycles. The van der Waals surface area contributed by atoms with Gasteiger partial charge in [-0.15, -0.1) is 24.0 Å². The summed E-state index contributed by atoms with van der Waals surface area (Å²) >= 11 is 0. The smallest absolute Gasteiger partial charge is 0.194 e. The van der Waals surface area contributed by atoms with Gasteiger partial charge < -0.3 is 19.7 Å². The molecule has 2 saturated heterocycles. The van der Waals surface area contributed by atoms with Crippen LogP contribution < -0.4 is 5.32 Å². The van der Waals surface area contributed by atoms with Crippen LogP contribution in [0, 0.1) is 0 Å². The molecule has 3 rings (SSSR count). The van der Waals surface area contributed by atoms with Gasteiger partial charge in [0.05, 0.1) is 31.1 Å². The Balaban J connectivity index is 0.00000341. The van der Waals surface area contributed by atoms with E-state index in [0.717, 1.165) is 70.9 Å². The molecule has 8 heteroatoms. The summed E-state index contributed by atoms with van der Waals surface area (Å²) in [5, 5.41) is 8.18. The second-order valence-electron chi connectivity index (χ2n) is 8.38. The van der Waals surface area contributed by atoms with E-state index in [9.17, 15) is 0 Å². The summed E-state index contributed by atoms with van der Waals surface area (Å²) in [5.74, 6) is 1.01. The molecule has 1 aromatic rings. The molecule has 7 nitrogen and oxygen atoms in total. The zero-order valence-electron chi connectivity index (χ0n) is 19.9. The lowest BCUT2D eigenvalue weighted by Crippen LogP contribution is -2.47. The van der Waals surface area contributed by atoms with Crippen LogP contribution in [0.25, 0.3) is 0 Å². The van der Waals surface area contributed by atoms with Crippen LogP contribution in [0.3, 0.4) is 0 Å². The summed E-state index contributed by atoms with van der Waals surface area (Å²) in [4.78, 5) is 7.38. The fourth-order valence-corrected chi connectivity index (χ4v) is 4.57. The maximum absolute atomic E-state index is 6.18. The van der Waals surface area contributed by atoms with E-state index in [1.165, 1.54) is 29.8 Å². The number of halogens is 1. The third-order valence-corrected chi connectivity index (χ3v) is 6.28. The van der Waals surface area contributed by atoms with E-state index in [2.05, 4.69) is 31.0 Å². The van der Waals surface area contributed by atoms with Crippen molar-refractivity contribution in [3.8, 4) is 0 Å². The highest BCUT2D eigenvalue weighted by Gasteiger charge is 2.24. The van der Waals surface area contributed by atoms with Gasteiger partial charge in [-0.3, -0.25) is 4.68 Å². The van der Waals surface area contributed by atoms with Gasteiger partial charge in [-0.05, 0) is 51.9 Å². The van der Waals surface area contributed by atoms with Gasteiger partial charge in [-0.1, -0.05) is 13.8 Å². The summed E-state index contributed by atoms with van der Waals surface area (Å²) in [7, 11) is 2.04. The number of hydrogen-bond acceptors (Lipinski definition) is 4. The maximum Gasteiger partial charge on any atom is 0.194 e. The highest BCUT2D eigenvalue weighted by molar-refractivity contribution is 14.0. The first-order valence-corrected chi connectivity index (χ1v) is 12.0. The standard InChI is InChI=1S/C23H41N5O2.HI/c1-5-21-20(22(6-2)27(4)26-21)16-25-23(24-7-3)28-13-11-18(12-14-28)30-17-19-10-8-9-15-29-19;/h18-19H,5-17H2,1-4H3,(H,24,25);1H. The number of hydrogen-bond donors (Lipinski definition) is 1. The molecule has 0 bridgehead atoms. The van der Waals surface area contributed by atoms with Gasteiger partial charge in [0.1, 0.15) is 0 Å². The van der Waals surface area contributed by atoms with Crippen molar-refractivity contribution in [3.05, 3.63) is 17.0 Å². The lowest BCUT2D eigenvalue weighted by atomic mass is 10.1. The minimum atomic E-state index is 0. The van der Waals surface area contributed by atoms with Crippen LogP contribution in [0.4, 0.5) is 0 Å². The molecule has 0 aliphatic carbocycles. The van der Waals surface area contributed by atoms with Crippen LogP contribution in [0.2, 0.25) is 0 Å². The molecule has 1 unspecified atom stereocenters. The van der Waals surface area contributed by atoms with E-state index >= 15 is 0 Å². The number of likely N-dealkylation sites (tertiary alicyclic amines) is 1. The third-order valence-electron chi connectivity index (χ3n) is 6.28. The lowest BCUT2D eigenvalue weighted by molar-refractivity contribution is -0.0721. The largest absolute Gasteiger partial charge is 0.376 e. The van der Waals surface area contributed by atoms with Crippen molar-refractivity contribution in [1.82, 2.24) is 20.0 Å². The van der Waals surface area contributed by atoms with Crippen LogP contribution in [0.5, 0.6) is 0 Å². The number of aliphatic imine (C=N–C) groups is 1. The molecule has 1 atom stereocenters. The van der Waals surface area contributed by atoms with Crippen LogP contribution >= 0.6 is 24.0 Å². The van der Waals surface area contributed by atoms with E-state index < -0.39 is 0 Å². The minimum Gasteiger partial charge on any atom is -0.376 e. The van der Waals surface area contributed by atoms with E-state index in [1.54, 1.807) is 0 Å². The lowest BCUT2D eigenvalue weighted by Gasteiger charge is -2.35. The van der Waals surface area contributed by atoms with Gasteiger partial charge in [0, 0.05) is 44.5 Å². The molecule has 3 heterocycles. The van der Waals surface area contributed by atoms with Crippen molar-refractivity contribution in [1.29, 1.82) is 0 Å². The summed E-state index contributed by atoms with van der Waals surface area (Å²) in [6, 6.07) is 0. The van der Waals surface area contributed by atoms with Gasteiger partial charge in [-0.2, -0.15) is 5.10 Å². The number of ether oxygens (including phenoxy) is 2. The predicted molar refractivity (Wildman–Crippen MR) is 136 cm³/mol. The van der Waals surface area contributed by atoms with Gasteiger partial charge in [0.2, 0.25) is 0 Å². The Kier molecular flexibility index (Phi) is 11.6. The van der Waals surface area contributed by atoms with E-state index in [4.69, 9.17) is 19.6 Å². The number of aryl methyl sites for hydroxylation is 2. The topological polar surface area (TPSA) is 63.9 Å². The molecule has 1 N–H and O–H groups in total. The number of aromatic nitrogens is 2. The molecule has 1 aromatic heterocycles. The predicted octanol–water partition coefficient (Wildman–Crippen LogP) is 3.68. The van der Waals surface area contributed by atoms with Crippen LogP contribution in [-0.4, -0.2) is 65.7 Å². The average Bonchev–Trinajstić information content (AvgIpc) is 3.10. The number of guanidine groups is 1. The summed E-state index contributed by atoms with van der Waals surface area (Å²) < 4.78 is 14.0. The van der Waals surface area contributed by atoms with Crippen LogP contribution in [-0.2, 0) is 35.9 Å². The zero-order chi connectivity index (χ0) is 21.3. The van der Waals surface area contributed by atoms with Gasteiger partial charge in [-0.25, -0.2) is 4.99 Å². The molecule has 178 valence electrons. The zero-order valence-corrected chi connectivity index (χ0v) is 22.2. The van der Waals surface area contributed by atoms with Gasteiger partial charge in [0.15, 0.2) is 5.96 Å². The molecule has 0 aromatic carbocycles. The average molecular weight is 548 g/mol. The summed E-state index contributed by atoms with van der Waals surface area (Å²) in [6.45, 7) is 11.7. The second-order valence-corrected chi connectivity index (χ2v) is 8.38. The molecule has 2 fully saturated rings. The Bertz CT molecular complexity index is 680. The molecular weight excluding hydrogens is 505 g/mol. The van der Waals surface area contributed by atoms with Crippen molar-refractivity contribution in [3.63, 3.8) is 0 Å². The molecule has 2 aliphatic heterocycles. The van der Waals surface area contributed by atoms with Crippen molar-refractivity contribution >= 4 is 29.9 Å². The SMILES string of the molecule is CCNC(=NCc1c(CC)nn(C)c1CC)N1CCC(OCC2CCCCO2)CC1.I. The number of piperidine rings is 1. The Morgan fingerprint density at radius 2 is 1.94 bits per heavy atom. The molecule has 0 spiro atoms. The molecule has 31 heavy (non-hydrogen) atoms. The summed E-state index contributed by atoms with van der Waals surface area (Å²) in [5.41, 5.74) is 3.76. The van der Waals surface area contributed by atoms with E-state index in [1.807, 2.05) is 11.7 Å². The third kappa shape index (κ3) is 7.32. The molecule has 2 aliphatic rings. The molecule has 0 amide bonds. The maximum atomic E-state index is 6.18. The number of nitrogens with one attached hydrogen (secondary N) is 1. The van der Waals surface area contributed by atoms with Crippen molar-refractivity contribution in [2.75, 3.05) is 32.8 Å². The first kappa shape index (κ1) is 26.4. The highest BCUT2D eigenvalue weighted by Crippen LogP contribution is 2.19. The monoisotopic (exact) mass is 547 g/mol.